The van der Waals surface area contributed by atoms with Crippen LogP contribution in [0.2, 0.25) is 0 Å². The predicted molar refractivity (Wildman–Crippen MR) is 88.4 cm³/mol. The van der Waals surface area contributed by atoms with Gasteiger partial charge < -0.3 is 14.6 Å². The van der Waals surface area contributed by atoms with Crippen LogP contribution in [-0.2, 0) is 11.8 Å². The fourth-order valence-corrected chi connectivity index (χ4v) is 2.88. The van der Waals surface area contributed by atoms with Crippen LogP contribution < -0.4 is 5.32 Å². The maximum Gasteiger partial charge on any atom is 0.139 e. The van der Waals surface area contributed by atoms with Crippen LogP contribution in [0.4, 0.5) is 4.39 Å². The third-order valence-electron chi connectivity index (χ3n) is 4.11. The lowest BCUT2D eigenvalue weighted by atomic mass is 10.0. The van der Waals surface area contributed by atoms with Gasteiger partial charge in [0.15, 0.2) is 0 Å². The molecule has 1 aromatic carbocycles. The Bertz CT molecular complexity index is 651. The van der Waals surface area contributed by atoms with E-state index in [2.05, 4.69) is 16.4 Å². The highest BCUT2D eigenvalue weighted by Crippen LogP contribution is 2.26. The third-order valence-corrected chi connectivity index (χ3v) is 4.11. The second-order valence-electron chi connectivity index (χ2n) is 5.80. The summed E-state index contributed by atoms with van der Waals surface area (Å²) in [5.74, 6) is 0.752. The van der Waals surface area contributed by atoms with Gasteiger partial charge in [-0.15, -0.1) is 0 Å². The van der Waals surface area contributed by atoms with Gasteiger partial charge in [0, 0.05) is 38.6 Å². The number of aromatic nitrogens is 2. The number of halogens is 1. The van der Waals surface area contributed by atoms with Gasteiger partial charge in [0.1, 0.15) is 17.7 Å². The van der Waals surface area contributed by atoms with E-state index in [4.69, 9.17) is 4.74 Å². The van der Waals surface area contributed by atoms with E-state index < -0.39 is 0 Å². The lowest BCUT2D eigenvalue weighted by molar-refractivity contribution is -0.0163. The Hall–Kier alpha value is -1.98. The molecule has 2 aromatic rings. The summed E-state index contributed by atoms with van der Waals surface area (Å²) in [7, 11) is 1.99. The van der Waals surface area contributed by atoms with Gasteiger partial charge in [0.05, 0.1) is 0 Å². The zero-order valence-electron chi connectivity index (χ0n) is 13.3. The number of hydrogen-bond acceptors (Lipinski definition) is 3. The number of rotatable bonds is 5. The van der Waals surface area contributed by atoms with E-state index in [-0.39, 0.29) is 18.0 Å². The Morgan fingerprint density at radius 3 is 2.96 bits per heavy atom. The Labute approximate surface area is 136 Å². The SMILES string of the molecule is Cn1ccnc1[C@H]1OCCC[C@@H]1NC/C=C/c1ccc(F)cc1. The molecular weight excluding hydrogens is 293 g/mol. The van der Waals surface area contributed by atoms with Crippen molar-refractivity contribution < 1.29 is 9.13 Å². The van der Waals surface area contributed by atoms with Crippen LogP contribution in [0.15, 0.2) is 42.7 Å². The van der Waals surface area contributed by atoms with Crippen molar-refractivity contribution >= 4 is 6.08 Å². The maximum absolute atomic E-state index is 12.9. The largest absolute Gasteiger partial charge is 0.369 e. The molecule has 0 amide bonds. The molecule has 5 heteroatoms. The average Bonchev–Trinajstić information content (AvgIpc) is 2.99. The van der Waals surface area contributed by atoms with Crippen molar-refractivity contribution in [1.82, 2.24) is 14.9 Å². The van der Waals surface area contributed by atoms with Crippen molar-refractivity contribution in [3.63, 3.8) is 0 Å². The fourth-order valence-electron chi connectivity index (χ4n) is 2.88. The highest BCUT2D eigenvalue weighted by Gasteiger charge is 2.29. The number of benzene rings is 1. The zero-order valence-corrected chi connectivity index (χ0v) is 13.3. The van der Waals surface area contributed by atoms with E-state index in [1.807, 2.05) is 23.9 Å². The van der Waals surface area contributed by atoms with E-state index in [1.165, 1.54) is 12.1 Å². The molecule has 1 aromatic heterocycles. The molecule has 1 aliphatic heterocycles. The summed E-state index contributed by atoms with van der Waals surface area (Å²) >= 11 is 0. The molecule has 1 fully saturated rings. The molecule has 0 bridgehead atoms. The first kappa shape index (κ1) is 15.9. The van der Waals surface area contributed by atoms with Crippen LogP contribution in [0.5, 0.6) is 0 Å². The zero-order chi connectivity index (χ0) is 16.1. The van der Waals surface area contributed by atoms with Crippen LogP contribution in [0.1, 0.15) is 30.3 Å². The van der Waals surface area contributed by atoms with Crippen molar-refractivity contribution in [3.8, 4) is 0 Å². The van der Waals surface area contributed by atoms with Gasteiger partial charge in [0.25, 0.3) is 0 Å². The molecule has 0 unspecified atom stereocenters. The molecular formula is C18H22FN3O. The van der Waals surface area contributed by atoms with Crippen molar-refractivity contribution in [1.29, 1.82) is 0 Å². The molecule has 1 saturated heterocycles. The molecule has 1 N–H and O–H groups in total. The molecule has 1 aliphatic rings. The van der Waals surface area contributed by atoms with Gasteiger partial charge in [-0.2, -0.15) is 0 Å². The van der Waals surface area contributed by atoms with E-state index in [0.717, 1.165) is 37.4 Å². The van der Waals surface area contributed by atoms with Gasteiger partial charge in [-0.25, -0.2) is 9.37 Å². The van der Waals surface area contributed by atoms with Crippen LogP contribution in [0, 0.1) is 5.82 Å². The Balaban J connectivity index is 1.57. The standard InChI is InChI=1S/C18H22FN3O/c1-22-12-11-21-18(22)17-16(5-3-13-23-17)20-10-2-4-14-6-8-15(19)9-7-14/h2,4,6-9,11-12,16-17,20H,3,5,10,13H2,1H3/b4-2+/t16-,17-/m0/s1. The predicted octanol–water partition coefficient (Wildman–Crippen LogP) is 3.08. The normalized spacial score (nSPS) is 21.8. The van der Waals surface area contributed by atoms with Gasteiger partial charge in [0.2, 0.25) is 0 Å². The second-order valence-corrected chi connectivity index (χ2v) is 5.80. The van der Waals surface area contributed by atoms with Crippen LogP contribution in [0.3, 0.4) is 0 Å². The van der Waals surface area contributed by atoms with E-state index in [1.54, 1.807) is 18.3 Å². The lowest BCUT2D eigenvalue weighted by Crippen LogP contribution is -2.40. The van der Waals surface area contributed by atoms with Gasteiger partial charge in [-0.1, -0.05) is 24.3 Å². The first-order chi connectivity index (χ1) is 11.2. The van der Waals surface area contributed by atoms with Crippen molar-refractivity contribution in [2.24, 2.45) is 7.05 Å². The van der Waals surface area contributed by atoms with Crippen LogP contribution in [0.25, 0.3) is 6.08 Å². The van der Waals surface area contributed by atoms with Gasteiger partial charge in [-0.05, 0) is 30.5 Å². The highest BCUT2D eigenvalue weighted by atomic mass is 19.1. The minimum absolute atomic E-state index is 0.0111. The van der Waals surface area contributed by atoms with Gasteiger partial charge in [-0.3, -0.25) is 0 Å². The summed E-state index contributed by atoms with van der Waals surface area (Å²) in [5.41, 5.74) is 0.994. The molecule has 4 nitrogen and oxygen atoms in total. The van der Waals surface area contributed by atoms with Crippen LogP contribution >= 0.6 is 0 Å². The molecule has 2 atom stereocenters. The minimum atomic E-state index is -0.211. The smallest absolute Gasteiger partial charge is 0.139 e. The number of nitrogens with one attached hydrogen (secondary N) is 1. The first-order valence-electron chi connectivity index (χ1n) is 7.98. The fraction of sp³-hybridized carbons (Fsp3) is 0.389. The summed E-state index contributed by atoms with van der Waals surface area (Å²) in [6.45, 7) is 1.52. The second kappa shape index (κ2) is 7.53. The van der Waals surface area contributed by atoms with Crippen molar-refractivity contribution in [2.75, 3.05) is 13.2 Å². The van der Waals surface area contributed by atoms with Crippen LogP contribution in [-0.4, -0.2) is 28.7 Å². The quantitative estimate of drug-likeness (QED) is 0.921. The van der Waals surface area contributed by atoms with E-state index in [9.17, 15) is 4.39 Å². The Morgan fingerprint density at radius 1 is 1.39 bits per heavy atom. The van der Waals surface area contributed by atoms with E-state index in [0.29, 0.717) is 0 Å². The van der Waals surface area contributed by atoms with Gasteiger partial charge >= 0.3 is 0 Å². The number of ether oxygens (including phenoxy) is 1. The Kier molecular flexibility index (Phi) is 5.20. The molecule has 2 heterocycles. The molecule has 0 radical (unpaired) electrons. The molecule has 0 aliphatic carbocycles. The summed E-state index contributed by atoms with van der Waals surface area (Å²) in [6, 6.07) is 6.74. The summed E-state index contributed by atoms with van der Waals surface area (Å²) in [6.07, 6.45) is 9.91. The van der Waals surface area contributed by atoms with E-state index >= 15 is 0 Å². The first-order valence-corrected chi connectivity index (χ1v) is 7.98. The monoisotopic (exact) mass is 315 g/mol. The lowest BCUT2D eigenvalue weighted by Gasteiger charge is -2.31. The maximum atomic E-state index is 12.9. The average molecular weight is 315 g/mol. The summed E-state index contributed by atoms with van der Waals surface area (Å²) < 4.78 is 20.8. The summed E-state index contributed by atoms with van der Waals surface area (Å²) in [5, 5.41) is 3.53. The van der Waals surface area contributed by atoms with Crippen molar-refractivity contribution in [2.45, 2.75) is 25.0 Å². The molecule has 23 heavy (non-hydrogen) atoms. The Morgan fingerprint density at radius 2 is 2.22 bits per heavy atom. The molecule has 0 spiro atoms. The summed E-state index contributed by atoms with van der Waals surface area (Å²) in [4.78, 5) is 4.42. The molecule has 122 valence electrons. The minimum Gasteiger partial charge on any atom is -0.369 e. The molecule has 0 saturated carbocycles. The number of hydrogen-bond donors (Lipinski definition) is 1. The number of nitrogens with zero attached hydrogens (tertiary/aromatic N) is 2. The highest BCUT2D eigenvalue weighted by molar-refractivity contribution is 5.48. The third kappa shape index (κ3) is 4.06. The number of aryl methyl sites for hydroxylation is 1. The number of imidazole rings is 1. The molecule has 3 rings (SSSR count). The van der Waals surface area contributed by atoms with Crippen molar-refractivity contribution in [3.05, 3.63) is 59.9 Å². The topological polar surface area (TPSA) is 39.1 Å².